The molecule has 16 heavy (non-hydrogen) atoms. The van der Waals surface area contributed by atoms with E-state index in [4.69, 9.17) is 0 Å². The van der Waals surface area contributed by atoms with Crippen LogP contribution >= 0.6 is 0 Å². The van der Waals surface area contributed by atoms with Crippen molar-refractivity contribution in [2.45, 2.75) is 32.2 Å². The molecular weight excluding hydrogens is 207 g/mol. The van der Waals surface area contributed by atoms with E-state index in [1.165, 1.54) is 6.33 Å². The van der Waals surface area contributed by atoms with Crippen LogP contribution in [-0.4, -0.2) is 28.6 Å². The van der Waals surface area contributed by atoms with Crippen molar-refractivity contribution in [3.8, 4) is 0 Å². The summed E-state index contributed by atoms with van der Waals surface area (Å²) in [5, 5.41) is 6.42. The molecule has 0 aliphatic carbocycles. The minimum atomic E-state index is -0.321. The van der Waals surface area contributed by atoms with Crippen LogP contribution in [0.2, 0.25) is 0 Å². The normalized spacial score (nSPS) is 24.7. The molecule has 1 aliphatic rings. The summed E-state index contributed by atoms with van der Waals surface area (Å²) in [7, 11) is 0. The zero-order chi connectivity index (χ0) is 11.6. The zero-order valence-electron chi connectivity index (χ0n) is 9.68. The summed E-state index contributed by atoms with van der Waals surface area (Å²) in [6, 6.07) is 0. The molecule has 2 rings (SSSR count). The summed E-state index contributed by atoms with van der Waals surface area (Å²) in [5.74, 6) is -0.00354. The Morgan fingerprint density at radius 1 is 1.56 bits per heavy atom. The number of halogens is 1. The Kier molecular flexibility index (Phi) is 3.05. The number of hydrogen-bond donors (Lipinski definition) is 2. The van der Waals surface area contributed by atoms with Crippen molar-refractivity contribution in [3.05, 3.63) is 17.8 Å². The van der Waals surface area contributed by atoms with Gasteiger partial charge in [-0.25, -0.2) is 14.4 Å². The van der Waals surface area contributed by atoms with Crippen LogP contribution in [0.5, 0.6) is 0 Å². The van der Waals surface area contributed by atoms with Gasteiger partial charge in [0, 0.05) is 12.1 Å². The van der Waals surface area contributed by atoms with Crippen LogP contribution in [0.25, 0.3) is 0 Å². The van der Waals surface area contributed by atoms with Gasteiger partial charge in [0.2, 0.25) is 0 Å². The van der Waals surface area contributed by atoms with E-state index >= 15 is 0 Å². The predicted molar refractivity (Wildman–Crippen MR) is 60.9 cm³/mol. The van der Waals surface area contributed by atoms with Gasteiger partial charge in [-0.3, -0.25) is 0 Å². The maximum atomic E-state index is 13.9. The highest BCUT2D eigenvalue weighted by Gasteiger charge is 2.29. The molecule has 1 aliphatic heterocycles. The first-order valence-corrected chi connectivity index (χ1v) is 5.63. The Labute approximate surface area is 94.7 Å². The van der Waals surface area contributed by atoms with E-state index in [2.05, 4.69) is 27.5 Å². The highest BCUT2D eigenvalue weighted by atomic mass is 19.1. The minimum absolute atomic E-state index is 0.111. The van der Waals surface area contributed by atoms with Crippen LogP contribution in [0.15, 0.2) is 6.33 Å². The molecule has 5 heteroatoms. The third-order valence-electron chi connectivity index (χ3n) is 2.99. The highest BCUT2D eigenvalue weighted by Crippen LogP contribution is 2.22. The van der Waals surface area contributed by atoms with Crippen molar-refractivity contribution in [2.24, 2.45) is 0 Å². The van der Waals surface area contributed by atoms with Crippen molar-refractivity contribution in [2.75, 3.05) is 18.4 Å². The standard InChI is InChI=1S/C11H17FN4/c1-3-8-9(12)10(15-7-14-8)16-11(2)4-5-13-6-11/h7,13H,3-6H2,1-2H3,(H,14,15,16). The average Bonchev–Trinajstić information content (AvgIpc) is 2.68. The second-order valence-electron chi connectivity index (χ2n) is 4.45. The fourth-order valence-corrected chi connectivity index (χ4v) is 1.95. The Balaban J connectivity index is 2.21. The fourth-order valence-electron chi connectivity index (χ4n) is 1.95. The Hall–Kier alpha value is -1.23. The molecule has 2 N–H and O–H groups in total. The van der Waals surface area contributed by atoms with Crippen LogP contribution in [0.4, 0.5) is 10.2 Å². The summed E-state index contributed by atoms with van der Waals surface area (Å²) in [6.07, 6.45) is 2.96. The molecule has 1 aromatic rings. The lowest BCUT2D eigenvalue weighted by Gasteiger charge is -2.25. The first-order valence-electron chi connectivity index (χ1n) is 5.63. The topological polar surface area (TPSA) is 49.8 Å². The van der Waals surface area contributed by atoms with Gasteiger partial charge in [-0.1, -0.05) is 6.92 Å². The third kappa shape index (κ3) is 2.14. The van der Waals surface area contributed by atoms with Crippen molar-refractivity contribution in [3.63, 3.8) is 0 Å². The molecule has 0 bridgehead atoms. The molecule has 1 aromatic heterocycles. The molecule has 0 spiro atoms. The van der Waals surface area contributed by atoms with E-state index in [-0.39, 0.29) is 11.4 Å². The molecule has 4 nitrogen and oxygen atoms in total. The number of nitrogens with one attached hydrogen (secondary N) is 2. The summed E-state index contributed by atoms with van der Waals surface area (Å²) in [4.78, 5) is 7.88. The van der Waals surface area contributed by atoms with Gasteiger partial charge in [0.15, 0.2) is 11.6 Å². The number of rotatable bonds is 3. The maximum absolute atomic E-state index is 13.9. The van der Waals surface area contributed by atoms with Crippen LogP contribution in [0.1, 0.15) is 26.0 Å². The molecule has 1 atom stereocenters. The molecule has 1 saturated heterocycles. The number of anilines is 1. The molecular formula is C11H17FN4. The monoisotopic (exact) mass is 224 g/mol. The van der Waals surface area contributed by atoms with E-state index in [9.17, 15) is 4.39 Å². The molecule has 88 valence electrons. The summed E-state index contributed by atoms with van der Waals surface area (Å²) in [6.45, 7) is 5.74. The zero-order valence-corrected chi connectivity index (χ0v) is 9.68. The van der Waals surface area contributed by atoms with E-state index in [0.29, 0.717) is 17.9 Å². The minimum Gasteiger partial charge on any atom is -0.361 e. The van der Waals surface area contributed by atoms with Crippen LogP contribution in [-0.2, 0) is 6.42 Å². The maximum Gasteiger partial charge on any atom is 0.186 e. The first kappa shape index (κ1) is 11.3. The van der Waals surface area contributed by atoms with Gasteiger partial charge in [0.1, 0.15) is 6.33 Å². The second-order valence-corrected chi connectivity index (χ2v) is 4.45. The first-order chi connectivity index (χ1) is 7.64. The Morgan fingerprint density at radius 3 is 3.00 bits per heavy atom. The van der Waals surface area contributed by atoms with E-state index in [1.54, 1.807) is 0 Å². The molecule has 0 amide bonds. The van der Waals surface area contributed by atoms with E-state index < -0.39 is 0 Å². The predicted octanol–water partition coefficient (Wildman–Crippen LogP) is 1.34. The molecule has 1 fully saturated rings. The van der Waals surface area contributed by atoms with E-state index in [1.807, 2.05) is 6.92 Å². The van der Waals surface area contributed by atoms with Gasteiger partial charge in [-0.15, -0.1) is 0 Å². The van der Waals surface area contributed by atoms with E-state index in [0.717, 1.165) is 19.5 Å². The second kappa shape index (κ2) is 4.33. The largest absolute Gasteiger partial charge is 0.361 e. The Morgan fingerprint density at radius 2 is 2.38 bits per heavy atom. The Bertz CT molecular complexity index is 374. The quantitative estimate of drug-likeness (QED) is 0.813. The number of aromatic nitrogens is 2. The summed E-state index contributed by atoms with van der Waals surface area (Å²) >= 11 is 0. The smallest absolute Gasteiger partial charge is 0.186 e. The molecule has 0 saturated carbocycles. The number of hydrogen-bond acceptors (Lipinski definition) is 4. The number of nitrogens with zero attached hydrogens (tertiary/aromatic N) is 2. The third-order valence-corrected chi connectivity index (χ3v) is 2.99. The lowest BCUT2D eigenvalue weighted by molar-refractivity contribution is 0.542. The molecule has 2 heterocycles. The van der Waals surface area contributed by atoms with Gasteiger partial charge in [0.05, 0.1) is 5.69 Å². The molecule has 1 unspecified atom stereocenters. The molecule has 0 aromatic carbocycles. The van der Waals surface area contributed by atoms with Crippen molar-refractivity contribution in [1.82, 2.24) is 15.3 Å². The lowest BCUT2D eigenvalue weighted by atomic mass is 10.0. The van der Waals surface area contributed by atoms with Gasteiger partial charge < -0.3 is 10.6 Å². The van der Waals surface area contributed by atoms with Gasteiger partial charge >= 0.3 is 0 Å². The molecule has 0 radical (unpaired) electrons. The highest BCUT2D eigenvalue weighted by molar-refractivity contribution is 5.40. The fraction of sp³-hybridized carbons (Fsp3) is 0.636. The van der Waals surface area contributed by atoms with Gasteiger partial charge in [0.25, 0.3) is 0 Å². The van der Waals surface area contributed by atoms with Crippen molar-refractivity contribution in [1.29, 1.82) is 0 Å². The average molecular weight is 224 g/mol. The van der Waals surface area contributed by atoms with Gasteiger partial charge in [-0.05, 0) is 26.3 Å². The van der Waals surface area contributed by atoms with Crippen molar-refractivity contribution >= 4 is 5.82 Å². The SMILES string of the molecule is CCc1ncnc(NC2(C)CCNC2)c1F. The van der Waals surface area contributed by atoms with Crippen LogP contribution in [0.3, 0.4) is 0 Å². The van der Waals surface area contributed by atoms with Crippen LogP contribution in [0, 0.1) is 5.82 Å². The lowest BCUT2D eigenvalue weighted by Crippen LogP contribution is -2.37. The summed E-state index contributed by atoms with van der Waals surface area (Å²) in [5.41, 5.74) is 0.354. The van der Waals surface area contributed by atoms with Gasteiger partial charge in [-0.2, -0.15) is 0 Å². The van der Waals surface area contributed by atoms with Crippen molar-refractivity contribution < 1.29 is 4.39 Å². The summed E-state index contributed by atoms with van der Waals surface area (Å²) < 4.78 is 13.9. The van der Waals surface area contributed by atoms with Crippen LogP contribution < -0.4 is 10.6 Å². The number of aryl methyl sites for hydroxylation is 1.